The fraction of sp³-hybridized carbons (Fsp3) is 0.483. The quantitative estimate of drug-likeness (QED) is 0.589. The second-order valence-electron chi connectivity index (χ2n) is 11.2. The maximum absolute atomic E-state index is 13.6. The van der Waals surface area contributed by atoms with Gasteiger partial charge in [0.25, 0.3) is 5.91 Å². The molecule has 7 nitrogen and oxygen atoms in total. The van der Waals surface area contributed by atoms with Gasteiger partial charge in [-0.1, -0.05) is 13.8 Å². The number of fused-ring (bicyclic) bond motifs is 2. The van der Waals surface area contributed by atoms with Crippen LogP contribution in [-0.2, 0) is 4.79 Å². The first-order valence-electron chi connectivity index (χ1n) is 12.9. The maximum Gasteiger partial charge on any atom is 0.253 e. The molecule has 0 aliphatic carbocycles. The summed E-state index contributed by atoms with van der Waals surface area (Å²) in [5.41, 5.74) is 7.25. The number of hydrogen-bond acceptors (Lipinski definition) is 4. The number of nitrogens with one attached hydrogen (secondary N) is 1. The van der Waals surface area contributed by atoms with E-state index in [0.29, 0.717) is 24.3 Å². The first kappa shape index (κ1) is 24.5. The van der Waals surface area contributed by atoms with Gasteiger partial charge in [0.1, 0.15) is 0 Å². The summed E-state index contributed by atoms with van der Waals surface area (Å²) in [6.07, 6.45) is 0. The predicted octanol–water partition coefficient (Wildman–Crippen LogP) is 4.06. The van der Waals surface area contributed by atoms with E-state index in [9.17, 15) is 9.59 Å². The van der Waals surface area contributed by atoms with Crippen LogP contribution in [0.25, 0.3) is 22.2 Å². The van der Waals surface area contributed by atoms with Crippen LogP contribution in [0.2, 0.25) is 0 Å². The molecule has 2 aromatic heterocycles. The molecule has 0 spiro atoms. The highest BCUT2D eigenvalue weighted by molar-refractivity contribution is 6.01. The monoisotopic (exact) mass is 487 g/mol. The molecule has 1 aromatic carbocycles. The minimum Gasteiger partial charge on any atom is -0.354 e. The summed E-state index contributed by atoms with van der Waals surface area (Å²) in [4.78, 5) is 40.1. The summed E-state index contributed by atoms with van der Waals surface area (Å²) in [5.74, 6) is 1.30. The zero-order chi connectivity index (χ0) is 25.7. The lowest BCUT2D eigenvalue weighted by atomic mass is 9.95. The smallest absolute Gasteiger partial charge is 0.253 e. The second-order valence-corrected chi connectivity index (χ2v) is 11.2. The molecule has 36 heavy (non-hydrogen) atoms. The molecular formula is C29H37N5O2. The summed E-state index contributed by atoms with van der Waals surface area (Å²) in [6, 6.07) is 10.3. The molecule has 2 aliphatic rings. The normalized spacial score (nSPS) is 19.7. The van der Waals surface area contributed by atoms with Gasteiger partial charge in [0.05, 0.1) is 12.2 Å². The molecule has 1 N–H and O–H groups in total. The Bertz CT molecular complexity index is 1290. The van der Waals surface area contributed by atoms with Crippen molar-refractivity contribution in [1.29, 1.82) is 0 Å². The standard InChI is InChI=1S/C29H37N5O2/c1-17(2)27-24-11-20(7-8-25(24)31-28(27)21-9-18(3)30-19(4)10-21)29(36)34-14-22-12-33(13-23(22)15-34)26(35)16-32(5)6/h7-11,17,22-23,31H,12-16H2,1-6H3. The van der Waals surface area contributed by atoms with Crippen LogP contribution in [0.3, 0.4) is 0 Å². The largest absolute Gasteiger partial charge is 0.354 e. The number of carbonyl (C=O) groups is 2. The molecule has 0 bridgehead atoms. The van der Waals surface area contributed by atoms with Gasteiger partial charge in [-0.05, 0) is 69.8 Å². The van der Waals surface area contributed by atoms with Crippen LogP contribution in [0.1, 0.15) is 47.1 Å². The third-order valence-corrected chi connectivity index (χ3v) is 7.61. The molecule has 2 saturated heterocycles. The van der Waals surface area contributed by atoms with Crippen molar-refractivity contribution in [1.82, 2.24) is 24.7 Å². The number of likely N-dealkylation sites (N-methyl/N-ethyl adjacent to an activating group) is 1. The van der Waals surface area contributed by atoms with Gasteiger partial charge in [0, 0.05) is 71.4 Å². The van der Waals surface area contributed by atoms with Gasteiger partial charge in [0.15, 0.2) is 0 Å². The molecule has 190 valence electrons. The topological polar surface area (TPSA) is 72.5 Å². The molecule has 2 unspecified atom stereocenters. The number of aromatic nitrogens is 2. The minimum absolute atomic E-state index is 0.0884. The SMILES string of the molecule is Cc1cc(-c2[nH]c3ccc(C(=O)N4CC5CN(C(=O)CN(C)C)CC5C4)cc3c2C(C)C)cc(C)n1. The molecule has 7 heteroatoms. The van der Waals surface area contributed by atoms with Gasteiger partial charge in [-0.3, -0.25) is 14.6 Å². The van der Waals surface area contributed by atoms with Crippen molar-refractivity contribution in [2.75, 3.05) is 46.8 Å². The first-order chi connectivity index (χ1) is 17.1. The van der Waals surface area contributed by atoms with E-state index in [1.165, 1.54) is 5.56 Å². The van der Waals surface area contributed by atoms with Gasteiger partial charge in [-0.2, -0.15) is 0 Å². The fourth-order valence-corrected chi connectivity index (χ4v) is 6.07. The molecule has 3 aromatic rings. The number of H-pyrrole nitrogens is 1. The number of nitrogens with zero attached hydrogens (tertiary/aromatic N) is 4. The Morgan fingerprint density at radius 2 is 1.61 bits per heavy atom. The van der Waals surface area contributed by atoms with Gasteiger partial charge >= 0.3 is 0 Å². The van der Waals surface area contributed by atoms with E-state index >= 15 is 0 Å². The lowest BCUT2D eigenvalue weighted by molar-refractivity contribution is -0.131. The lowest BCUT2D eigenvalue weighted by Gasteiger charge is -2.23. The van der Waals surface area contributed by atoms with E-state index in [1.54, 1.807) is 0 Å². The molecular weight excluding hydrogens is 450 g/mol. The van der Waals surface area contributed by atoms with Crippen molar-refractivity contribution in [2.45, 2.75) is 33.6 Å². The Labute approximate surface area is 213 Å². The van der Waals surface area contributed by atoms with Crippen LogP contribution in [0.4, 0.5) is 0 Å². The average Bonchev–Trinajstić information content (AvgIpc) is 3.48. The Hall–Kier alpha value is -3.19. The van der Waals surface area contributed by atoms with Crippen molar-refractivity contribution >= 4 is 22.7 Å². The van der Waals surface area contributed by atoms with Crippen molar-refractivity contribution in [3.63, 3.8) is 0 Å². The van der Waals surface area contributed by atoms with Crippen LogP contribution in [0, 0.1) is 25.7 Å². The summed E-state index contributed by atoms with van der Waals surface area (Å²) < 4.78 is 0. The average molecular weight is 488 g/mol. The number of aryl methyl sites for hydroxylation is 2. The number of pyridine rings is 1. The van der Waals surface area contributed by atoms with Crippen LogP contribution in [0.5, 0.6) is 0 Å². The van der Waals surface area contributed by atoms with Gasteiger partial charge in [-0.25, -0.2) is 0 Å². The van der Waals surface area contributed by atoms with Gasteiger partial charge in [0.2, 0.25) is 5.91 Å². The molecule has 2 atom stereocenters. The second kappa shape index (κ2) is 9.36. The van der Waals surface area contributed by atoms with Crippen LogP contribution in [-0.4, -0.2) is 83.3 Å². The van der Waals surface area contributed by atoms with Crippen LogP contribution < -0.4 is 0 Å². The zero-order valence-corrected chi connectivity index (χ0v) is 22.3. The predicted molar refractivity (Wildman–Crippen MR) is 143 cm³/mol. The molecule has 2 fully saturated rings. The molecule has 4 heterocycles. The van der Waals surface area contributed by atoms with E-state index in [1.807, 2.05) is 54.8 Å². The van der Waals surface area contributed by atoms with E-state index < -0.39 is 0 Å². The van der Waals surface area contributed by atoms with E-state index in [0.717, 1.165) is 65.3 Å². The van der Waals surface area contributed by atoms with Crippen molar-refractivity contribution < 1.29 is 9.59 Å². The zero-order valence-electron chi connectivity index (χ0n) is 22.3. The van der Waals surface area contributed by atoms with Crippen molar-refractivity contribution in [2.24, 2.45) is 11.8 Å². The Kier molecular flexibility index (Phi) is 6.37. The highest BCUT2D eigenvalue weighted by Crippen LogP contribution is 2.37. The van der Waals surface area contributed by atoms with E-state index in [4.69, 9.17) is 0 Å². The molecule has 2 aliphatic heterocycles. The Morgan fingerprint density at radius 1 is 1.00 bits per heavy atom. The molecule has 0 radical (unpaired) electrons. The number of carbonyl (C=O) groups excluding carboxylic acids is 2. The summed E-state index contributed by atoms with van der Waals surface area (Å²) in [7, 11) is 3.84. The van der Waals surface area contributed by atoms with Crippen molar-refractivity contribution in [3.05, 3.63) is 52.8 Å². The van der Waals surface area contributed by atoms with E-state index in [-0.39, 0.29) is 11.8 Å². The van der Waals surface area contributed by atoms with Crippen molar-refractivity contribution in [3.8, 4) is 11.3 Å². The lowest BCUT2D eigenvalue weighted by Crippen LogP contribution is -2.39. The number of likely N-dealkylation sites (tertiary alicyclic amines) is 2. The summed E-state index contributed by atoms with van der Waals surface area (Å²) in [6.45, 7) is 11.8. The highest BCUT2D eigenvalue weighted by Gasteiger charge is 2.43. The van der Waals surface area contributed by atoms with Crippen LogP contribution >= 0.6 is 0 Å². The Morgan fingerprint density at radius 3 is 2.19 bits per heavy atom. The van der Waals surface area contributed by atoms with E-state index in [2.05, 4.69) is 42.0 Å². The molecule has 0 saturated carbocycles. The van der Waals surface area contributed by atoms with Crippen LogP contribution in [0.15, 0.2) is 30.3 Å². The third-order valence-electron chi connectivity index (χ3n) is 7.61. The Balaban J connectivity index is 1.38. The summed E-state index contributed by atoms with van der Waals surface area (Å²) >= 11 is 0. The number of hydrogen-bond donors (Lipinski definition) is 1. The number of aromatic amines is 1. The number of amides is 2. The fourth-order valence-electron chi connectivity index (χ4n) is 6.07. The molecule has 2 amide bonds. The number of benzene rings is 1. The first-order valence-corrected chi connectivity index (χ1v) is 12.9. The third kappa shape index (κ3) is 4.52. The maximum atomic E-state index is 13.6. The molecule has 5 rings (SSSR count). The van der Waals surface area contributed by atoms with Gasteiger partial charge in [-0.15, -0.1) is 0 Å². The minimum atomic E-state index is 0.0884. The van der Waals surface area contributed by atoms with Gasteiger partial charge < -0.3 is 19.7 Å². The number of rotatable bonds is 5. The summed E-state index contributed by atoms with van der Waals surface area (Å²) in [5, 5.41) is 1.11. The highest BCUT2D eigenvalue weighted by atomic mass is 16.2.